The number of pyridine rings is 2. The molecule has 0 bridgehead atoms. The van der Waals surface area contributed by atoms with Crippen molar-refractivity contribution in [1.29, 1.82) is 0 Å². The van der Waals surface area contributed by atoms with Crippen LogP contribution in [0.25, 0.3) is 22.4 Å². The van der Waals surface area contributed by atoms with Gasteiger partial charge in [-0.25, -0.2) is 9.97 Å². The van der Waals surface area contributed by atoms with E-state index in [-0.39, 0.29) is 5.43 Å². The molecule has 90 valence electrons. The molecule has 0 amide bonds. The molecule has 0 fully saturated rings. The molecular weight excluding hydrogens is 228 g/mol. The van der Waals surface area contributed by atoms with Crippen molar-refractivity contribution in [3.63, 3.8) is 0 Å². The van der Waals surface area contributed by atoms with Gasteiger partial charge in [0.05, 0.1) is 10.9 Å². The highest BCUT2D eigenvalue weighted by Crippen LogP contribution is 2.15. The average Bonchev–Trinajstić information content (AvgIpc) is 2.93. The van der Waals surface area contributed by atoms with Gasteiger partial charge in [0, 0.05) is 31.3 Å². The standard InChI is InChI=1S/C13H12N4O/c1-2-17-8-10(12-14-6-7-15-12)11(18)9-4-3-5-16-13(9)17/h3-8H,2H2,1H3,(H,14,15). The molecule has 3 aromatic rings. The maximum Gasteiger partial charge on any atom is 0.201 e. The van der Waals surface area contributed by atoms with Gasteiger partial charge in [-0.1, -0.05) is 0 Å². The van der Waals surface area contributed by atoms with Crippen LogP contribution in [0.5, 0.6) is 0 Å². The van der Waals surface area contributed by atoms with Gasteiger partial charge in [0.1, 0.15) is 11.5 Å². The summed E-state index contributed by atoms with van der Waals surface area (Å²) in [7, 11) is 0. The minimum Gasteiger partial charge on any atom is -0.344 e. The fourth-order valence-corrected chi connectivity index (χ4v) is 2.05. The predicted molar refractivity (Wildman–Crippen MR) is 69.3 cm³/mol. The van der Waals surface area contributed by atoms with Crippen molar-refractivity contribution >= 4 is 11.0 Å². The smallest absolute Gasteiger partial charge is 0.201 e. The summed E-state index contributed by atoms with van der Waals surface area (Å²) in [6.45, 7) is 2.77. The molecule has 5 nitrogen and oxygen atoms in total. The molecule has 0 aliphatic heterocycles. The minimum absolute atomic E-state index is 0.0437. The first-order chi connectivity index (χ1) is 8.81. The summed E-state index contributed by atoms with van der Waals surface area (Å²) in [5.74, 6) is 0.591. The molecule has 0 aromatic carbocycles. The van der Waals surface area contributed by atoms with Crippen LogP contribution in [0.15, 0.2) is 41.7 Å². The van der Waals surface area contributed by atoms with Crippen LogP contribution >= 0.6 is 0 Å². The molecule has 5 heteroatoms. The summed E-state index contributed by atoms with van der Waals surface area (Å²) in [5, 5.41) is 0.619. The highest BCUT2D eigenvalue weighted by atomic mass is 16.1. The second-order valence-electron chi connectivity index (χ2n) is 3.97. The van der Waals surface area contributed by atoms with E-state index in [9.17, 15) is 4.79 Å². The first-order valence-corrected chi connectivity index (χ1v) is 5.79. The largest absolute Gasteiger partial charge is 0.344 e. The monoisotopic (exact) mass is 240 g/mol. The SMILES string of the molecule is CCn1cc(-c2ncc[nH]2)c(=O)c2cccnc21. The van der Waals surface area contributed by atoms with Gasteiger partial charge in [-0.05, 0) is 19.1 Å². The van der Waals surface area contributed by atoms with E-state index in [1.54, 1.807) is 36.9 Å². The van der Waals surface area contributed by atoms with Gasteiger partial charge in [0.25, 0.3) is 0 Å². The Labute approximate surface area is 103 Å². The van der Waals surface area contributed by atoms with Crippen LogP contribution < -0.4 is 5.43 Å². The number of imidazole rings is 1. The Bertz CT molecular complexity index is 743. The molecule has 3 rings (SSSR count). The Balaban J connectivity index is 2.42. The van der Waals surface area contributed by atoms with E-state index in [0.717, 1.165) is 6.54 Å². The molecule has 0 saturated heterocycles. The molecule has 0 aliphatic carbocycles. The summed E-state index contributed by atoms with van der Waals surface area (Å²) in [5.41, 5.74) is 1.24. The number of fused-ring (bicyclic) bond motifs is 1. The Morgan fingerprint density at radius 3 is 2.94 bits per heavy atom. The third kappa shape index (κ3) is 1.52. The van der Waals surface area contributed by atoms with Gasteiger partial charge >= 0.3 is 0 Å². The Morgan fingerprint density at radius 2 is 2.22 bits per heavy atom. The van der Waals surface area contributed by atoms with Crippen molar-refractivity contribution in [1.82, 2.24) is 19.5 Å². The predicted octanol–water partition coefficient (Wildman–Crippen LogP) is 1.81. The van der Waals surface area contributed by atoms with Gasteiger partial charge in [-0.2, -0.15) is 0 Å². The van der Waals surface area contributed by atoms with Crippen LogP contribution in [0.1, 0.15) is 6.92 Å². The van der Waals surface area contributed by atoms with Gasteiger partial charge in [-0.3, -0.25) is 4.79 Å². The summed E-state index contributed by atoms with van der Waals surface area (Å²) >= 11 is 0. The Kier molecular flexibility index (Phi) is 2.44. The summed E-state index contributed by atoms with van der Waals surface area (Å²) < 4.78 is 1.95. The zero-order valence-electron chi connectivity index (χ0n) is 9.92. The van der Waals surface area contributed by atoms with Crippen molar-refractivity contribution in [3.05, 3.63) is 47.1 Å². The molecule has 18 heavy (non-hydrogen) atoms. The number of rotatable bonds is 2. The van der Waals surface area contributed by atoms with Gasteiger partial charge in [-0.15, -0.1) is 0 Å². The number of aromatic amines is 1. The molecule has 0 spiro atoms. The van der Waals surface area contributed by atoms with Crippen molar-refractivity contribution < 1.29 is 0 Å². The number of aromatic nitrogens is 4. The molecular formula is C13H12N4O. The van der Waals surface area contributed by atoms with Crippen LogP contribution in [0.2, 0.25) is 0 Å². The molecule has 0 saturated carbocycles. The lowest BCUT2D eigenvalue weighted by atomic mass is 10.2. The number of nitrogens with one attached hydrogen (secondary N) is 1. The molecule has 0 unspecified atom stereocenters. The number of H-pyrrole nitrogens is 1. The van der Waals surface area contributed by atoms with Crippen molar-refractivity contribution in [3.8, 4) is 11.4 Å². The zero-order chi connectivity index (χ0) is 12.5. The van der Waals surface area contributed by atoms with Crippen LogP contribution in [-0.2, 0) is 6.54 Å². The van der Waals surface area contributed by atoms with Crippen LogP contribution in [0.3, 0.4) is 0 Å². The molecule has 0 atom stereocenters. The number of aryl methyl sites for hydroxylation is 1. The van der Waals surface area contributed by atoms with Gasteiger partial charge in [0.15, 0.2) is 0 Å². The van der Waals surface area contributed by atoms with Crippen molar-refractivity contribution in [2.24, 2.45) is 0 Å². The Morgan fingerprint density at radius 1 is 1.33 bits per heavy atom. The van der Waals surface area contributed by atoms with Gasteiger partial charge in [0.2, 0.25) is 5.43 Å². The molecule has 1 N–H and O–H groups in total. The second-order valence-corrected chi connectivity index (χ2v) is 3.97. The molecule has 0 radical (unpaired) electrons. The van der Waals surface area contributed by atoms with E-state index in [2.05, 4.69) is 15.0 Å². The topological polar surface area (TPSA) is 63.6 Å². The van der Waals surface area contributed by atoms with Crippen molar-refractivity contribution in [2.45, 2.75) is 13.5 Å². The lowest BCUT2D eigenvalue weighted by molar-refractivity contribution is 0.778. The molecule has 0 aliphatic rings. The van der Waals surface area contributed by atoms with E-state index >= 15 is 0 Å². The highest BCUT2D eigenvalue weighted by molar-refractivity contribution is 5.79. The maximum absolute atomic E-state index is 12.4. The van der Waals surface area contributed by atoms with E-state index in [1.807, 2.05) is 11.5 Å². The van der Waals surface area contributed by atoms with Crippen LogP contribution in [-0.4, -0.2) is 19.5 Å². The fraction of sp³-hybridized carbons (Fsp3) is 0.154. The van der Waals surface area contributed by atoms with E-state index < -0.39 is 0 Å². The third-order valence-electron chi connectivity index (χ3n) is 2.93. The van der Waals surface area contributed by atoms with E-state index in [1.165, 1.54) is 0 Å². The van der Waals surface area contributed by atoms with Crippen LogP contribution in [0, 0.1) is 0 Å². The number of hydrogen-bond donors (Lipinski definition) is 1. The molecule has 3 heterocycles. The van der Waals surface area contributed by atoms with E-state index in [0.29, 0.717) is 22.4 Å². The number of hydrogen-bond acceptors (Lipinski definition) is 3. The van der Waals surface area contributed by atoms with Crippen LogP contribution in [0.4, 0.5) is 0 Å². The first-order valence-electron chi connectivity index (χ1n) is 5.79. The summed E-state index contributed by atoms with van der Waals surface area (Å²) in [6, 6.07) is 3.57. The third-order valence-corrected chi connectivity index (χ3v) is 2.93. The zero-order valence-corrected chi connectivity index (χ0v) is 9.92. The van der Waals surface area contributed by atoms with E-state index in [4.69, 9.17) is 0 Å². The summed E-state index contributed by atoms with van der Waals surface area (Å²) in [4.78, 5) is 23.8. The fourth-order valence-electron chi connectivity index (χ4n) is 2.05. The van der Waals surface area contributed by atoms with Gasteiger partial charge < -0.3 is 9.55 Å². The first kappa shape index (κ1) is 10.7. The highest BCUT2D eigenvalue weighted by Gasteiger charge is 2.11. The quantitative estimate of drug-likeness (QED) is 0.743. The van der Waals surface area contributed by atoms with Crippen molar-refractivity contribution in [2.75, 3.05) is 0 Å². The minimum atomic E-state index is -0.0437. The Hall–Kier alpha value is -2.43. The normalized spacial score (nSPS) is 10.9. The second kappa shape index (κ2) is 4.10. The lowest BCUT2D eigenvalue weighted by Crippen LogP contribution is -2.13. The maximum atomic E-state index is 12.4. The summed E-state index contributed by atoms with van der Waals surface area (Å²) in [6.07, 6.45) is 6.84. The number of nitrogens with zero attached hydrogens (tertiary/aromatic N) is 3. The average molecular weight is 240 g/mol. The molecule has 3 aromatic heterocycles. The lowest BCUT2D eigenvalue weighted by Gasteiger charge is -2.09.